The molecule has 2 saturated heterocycles. The summed E-state index contributed by atoms with van der Waals surface area (Å²) in [6.07, 6.45) is 0. The minimum absolute atomic E-state index is 0.0806. The van der Waals surface area contributed by atoms with E-state index in [1.807, 2.05) is 11.8 Å². The summed E-state index contributed by atoms with van der Waals surface area (Å²) in [5, 5.41) is 3.87. The summed E-state index contributed by atoms with van der Waals surface area (Å²) in [6, 6.07) is 0. The van der Waals surface area contributed by atoms with Crippen molar-refractivity contribution in [3.8, 4) is 0 Å². The van der Waals surface area contributed by atoms with Gasteiger partial charge in [-0.15, -0.1) is 11.8 Å². The Morgan fingerprint density at radius 3 is 2.67 bits per heavy atom. The average molecular weight is 230 g/mol. The minimum atomic E-state index is 0.0806. The number of nitrogens with one attached hydrogen (secondary N) is 1. The third-order valence-electron chi connectivity index (χ3n) is 2.78. The van der Waals surface area contributed by atoms with Gasteiger partial charge in [0.15, 0.2) is 0 Å². The number of hydrogen-bond acceptors (Lipinski definition) is 4. The molecule has 4 nitrogen and oxygen atoms in total. The van der Waals surface area contributed by atoms with Crippen molar-refractivity contribution >= 4 is 17.7 Å². The van der Waals surface area contributed by atoms with Crippen LogP contribution < -0.4 is 5.32 Å². The lowest BCUT2D eigenvalue weighted by Gasteiger charge is -2.32. The zero-order valence-corrected chi connectivity index (χ0v) is 9.89. The van der Waals surface area contributed by atoms with Crippen LogP contribution in [0, 0.1) is 0 Å². The molecule has 5 heteroatoms. The lowest BCUT2D eigenvalue weighted by Crippen LogP contribution is -2.49. The zero-order valence-electron chi connectivity index (χ0n) is 9.07. The maximum absolute atomic E-state index is 12.0. The van der Waals surface area contributed by atoms with Gasteiger partial charge in [0.05, 0.1) is 23.7 Å². The monoisotopic (exact) mass is 230 g/mol. The Labute approximate surface area is 94.7 Å². The van der Waals surface area contributed by atoms with Gasteiger partial charge in [0.1, 0.15) is 0 Å². The van der Waals surface area contributed by atoms with Crippen molar-refractivity contribution in [1.29, 1.82) is 0 Å². The molecule has 0 radical (unpaired) electrons. The Kier molecular flexibility index (Phi) is 3.88. The van der Waals surface area contributed by atoms with Gasteiger partial charge in [0.2, 0.25) is 5.91 Å². The predicted molar refractivity (Wildman–Crippen MR) is 61.1 cm³/mol. The van der Waals surface area contributed by atoms with Crippen LogP contribution in [-0.2, 0) is 9.53 Å². The van der Waals surface area contributed by atoms with Gasteiger partial charge >= 0.3 is 0 Å². The van der Waals surface area contributed by atoms with E-state index in [0.717, 1.165) is 39.4 Å². The van der Waals surface area contributed by atoms with Crippen LogP contribution in [0.5, 0.6) is 0 Å². The second-order valence-electron chi connectivity index (χ2n) is 4.01. The third-order valence-corrected chi connectivity index (χ3v) is 4.05. The molecule has 0 spiro atoms. The van der Waals surface area contributed by atoms with Gasteiger partial charge in [0, 0.05) is 26.2 Å². The SMILES string of the molecule is CC(SC1COC1)C(=O)N1CCNCC1. The Morgan fingerprint density at radius 1 is 1.47 bits per heavy atom. The summed E-state index contributed by atoms with van der Waals surface area (Å²) in [5.41, 5.74) is 0. The highest BCUT2D eigenvalue weighted by Crippen LogP contribution is 2.25. The molecule has 15 heavy (non-hydrogen) atoms. The van der Waals surface area contributed by atoms with Crippen LogP contribution in [-0.4, -0.2) is 60.7 Å². The van der Waals surface area contributed by atoms with Gasteiger partial charge in [-0.25, -0.2) is 0 Å². The van der Waals surface area contributed by atoms with Gasteiger partial charge in [-0.2, -0.15) is 0 Å². The maximum atomic E-state index is 12.0. The van der Waals surface area contributed by atoms with Gasteiger partial charge in [-0.3, -0.25) is 4.79 Å². The highest BCUT2D eigenvalue weighted by Gasteiger charge is 2.28. The first-order chi connectivity index (χ1) is 7.27. The third kappa shape index (κ3) is 2.86. The van der Waals surface area contributed by atoms with Crippen LogP contribution in [0.4, 0.5) is 0 Å². The van der Waals surface area contributed by atoms with E-state index in [1.54, 1.807) is 11.8 Å². The molecule has 0 saturated carbocycles. The van der Waals surface area contributed by atoms with Gasteiger partial charge in [-0.1, -0.05) is 0 Å². The number of carbonyl (C=O) groups excluding carboxylic acids is 1. The highest BCUT2D eigenvalue weighted by molar-refractivity contribution is 8.01. The van der Waals surface area contributed by atoms with Crippen molar-refractivity contribution in [3.63, 3.8) is 0 Å². The summed E-state index contributed by atoms with van der Waals surface area (Å²) >= 11 is 1.75. The van der Waals surface area contributed by atoms with Crippen LogP contribution >= 0.6 is 11.8 Å². The molecule has 2 aliphatic heterocycles. The number of ether oxygens (including phenoxy) is 1. The molecule has 2 heterocycles. The van der Waals surface area contributed by atoms with E-state index in [2.05, 4.69) is 5.32 Å². The Hall–Kier alpha value is -0.260. The highest BCUT2D eigenvalue weighted by atomic mass is 32.2. The molecule has 1 N–H and O–H groups in total. The van der Waals surface area contributed by atoms with Crippen molar-refractivity contribution in [2.24, 2.45) is 0 Å². The van der Waals surface area contributed by atoms with E-state index >= 15 is 0 Å². The fraction of sp³-hybridized carbons (Fsp3) is 0.900. The smallest absolute Gasteiger partial charge is 0.235 e. The van der Waals surface area contributed by atoms with Crippen LogP contribution in [0.1, 0.15) is 6.92 Å². The number of nitrogens with zero attached hydrogens (tertiary/aromatic N) is 1. The molecule has 0 aromatic carbocycles. The molecule has 86 valence electrons. The average Bonchev–Trinajstić information content (AvgIpc) is 2.23. The normalized spacial score (nSPS) is 24.7. The maximum Gasteiger partial charge on any atom is 0.235 e. The van der Waals surface area contributed by atoms with E-state index in [9.17, 15) is 4.79 Å². The van der Waals surface area contributed by atoms with E-state index in [1.165, 1.54) is 0 Å². The quantitative estimate of drug-likeness (QED) is 0.737. The molecule has 0 aromatic heterocycles. The number of piperazine rings is 1. The van der Waals surface area contributed by atoms with E-state index in [4.69, 9.17) is 4.74 Å². The first-order valence-corrected chi connectivity index (χ1v) is 6.44. The lowest BCUT2D eigenvalue weighted by molar-refractivity contribution is -0.130. The van der Waals surface area contributed by atoms with Gasteiger partial charge < -0.3 is 15.0 Å². The molecule has 1 atom stereocenters. The Bertz CT molecular complexity index is 227. The zero-order chi connectivity index (χ0) is 10.7. The lowest BCUT2D eigenvalue weighted by atomic mass is 10.3. The predicted octanol–water partition coefficient (Wildman–Crippen LogP) is -0.0613. The molecule has 1 amide bonds. The molecular formula is C10H18N2O2S. The topological polar surface area (TPSA) is 41.6 Å². The molecule has 0 bridgehead atoms. The summed E-state index contributed by atoms with van der Waals surface area (Å²) in [7, 11) is 0. The standard InChI is InChI=1S/C10H18N2O2S/c1-8(15-9-6-14-7-9)10(13)12-4-2-11-3-5-12/h8-9,11H,2-7H2,1H3. The molecule has 2 aliphatic rings. The minimum Gasteiger partial charge on any atom is -0.379 e. The summed E-state index contributed by atoms with van der Waals surface area (Å²) in [5.74, 6) is 0.286. The molecule has 2 fully saturated rings. The molecular weight excluding hydrogens is 212 g/mol. The van der Waals surface area contributed by atoms with Crippen LogP contribution in [0.25, 0.3) is 0 Å². The summed E-state index contributed by atoms with van der Waals surface area (Å²) in [4.78, 5) is 14.0. The van der Waals surface area contributed by atoms with E-state index in [-0.39, 0.29) is 11.2 Å². The van der Waals surface area contributed by atoms with Gasteiger partial charge in [0.25, 0.3) is 0 Å². The van der Waals surface area contributed by atoms with E-state index < -0.39 is 0 Å². The number of carbonyl (C=O) groups is 1. The van der Waals surface area contributed by atoms with Crippen LogP contribution in [0.3, 0.4) is 0 Å². The van der Waals surface area contributed by atoms with Crippen molar-refractivity contribution in [1.82, 2.24) is 10.2 Å². The summed E-state index contributed by atoms with van der Waals surface area (Å²) in [6.45, 7) is 7.18. The largest absolute Gasteiger partial charge is 0.379 e. The Morgan fingerprint density at radius 2 is 2.13 bits per heavy atom. The molecule has 1 unspecified atom stereocenters. The van der Waals surface area contributed by atoms with Gasteiger partial charge in [-0.05, 0) is 6.92 Å². The first-order valence-electron chi connectivity index (χ1n) is 5.50. The molecule has 0 aromatic rings. The Balaban J connectivity index is 1.77. The van der Waals surface area contributed by atoms with Crippen LogP contribution in [0.2, 0.25) is 0 Å². The molecule has 2 rings (SSSR count). The van der Waals surface area contributed by atoms with Crippen LogP contribution in [0.15, 0.2) is 0 Å². The fourth-order valence-corrected chi connectivity index (χ4v) is 2.97. The van der Waals surface area contributed by atoms with Crippen molar-refractivity contribution in [3.05, 3.63) is 0 Å². The second kappa shape index (κ2) is 5.18. The second-order valence-corrected chi connectivity index (χ2v) is 5.66. The van der Waals surface area contributed by atoms with Crippen molar-refractivity contribution < 1.29 is 9.53 Å². The first kappa shape index (κ1) is 11.2. The number of hydrogen-bond donors (Lipinski definition) is 1. The number of rotatable bonds is 3. The number of amides is 1. The van der Waals surface area contributed by atoms with E-state index in [0.29, 0.717) is 5.25 Å². The van der Waals surface area contributed by atoms with Crippen molar-refractivity contribution in [2.75, 3.05) is 39.4 Å². The summed E-state index contributed by atoms with van der Waals surface area (Å²) < 4.78 is 5.11. The fourth-order valence-electron chi connectivity index (χ4n) is 1.78. The number of thioether (sulfide) groups is 1. The molecule has 0 aliphatic carbocycles. The van der Waals surface area contributed by atoms with Crippen molar-refractivity contribution in [2.45, 2.75) is 17.4 Å².